The molecule has 1 aliphatic rings. The maximum Gasteiger partial charge on any atom is 0.211 e. The van der Waals surface area contributed by atoms with Gasteiger partial charge in [0, 0.05) is 48.3 Å². The van der Waals surface area contributed by atoms with Crippen LogP contribution in [0.15, 0.2) is 41.8 Å². The van der Waals surface area contributed by atoms with Crippen molar-refractivity contribution >= 4 is 38.2 Å². The second kappa shape index (κ2) is 8.05. The minimum absolute atomic E-state index is 0.145. The number of aromatic nitrogens is 2. The van der Waals surface area contributed by atoms with Crippen molar-refractivity contribution in [2.75, 3.05) is 13.2 Å². The van der Waals surface area contributed by atoms with Crippen LogP contribution < -0.4 is 0 Å². The lowest BCUT2D eigenvalue weighted by molar-refractivity contribution is 0.0614. The van der Waals surface area contributed by atoms with Gasteiger partial charge in [0.25, 0.3) is 0 Å². The van der Waals surface area contributed by atoms with Crippen LogP contribution in [-0.2, 0) is 17.8 Å². The Bertz CT molecular complexity index is 1210. The van der Waals surface area contributed by atoms with E-state index in [9.17, 15) is 4.79 Å². The van der Waals surface area contributed by atoms with Crippen molar-refractivity contribution < 1.29 is 9.53 Å². The van der Waals surface area contributed by atoms with E-state index >= 15 is 0 Å². The summed E-state index contributed by atoms with van der Waals surface area (Å²) in [6.45, 7) is 7.78. The molecule has 0 spiro atoms. The van der Waals surface area contributed by atoms with E-state index in [1.807, 2.05) is 6.07 Å². The summed E-state index contributed by atoms with van der Waals surface area (Å²) >= 11 is 1.72. The lowest BCUT2D eigenvalue weighted by Gasteiger charge is -2.23. The lowest BCUT2D eigenvalue weighted by Crippen LogP contribution is -2.21. The minimum atomic E-state index is 0.145. The van der Waals surface area contributed by atoms with Crippen LogP contribution in [0.4, 0.5) is 0 Å². The molecule has 30 heavy (non-hydrogen) atoms. The number of fused-ring (bicyclic) bond motifs is 2. The van der Waals surface area contributed by atoms with Crippen molar-refractivity contribution in [2.24, 2.45) is 5.92 Å². The van der Waals surface area contributed by atoms with E-state index in [2.05, 4.69) is 58.7 Å². The number of thiophene rings is 1. The predicted octanol–water partition coefficient (Wildman–Crippen LogP) is 6.03. The van der Waals surface area contributed by atoms with Gasteiger partial charge in [-0.15, -0.1) is 11.3 Å². The van der Waals surface area contributed by atoms with Gasteiger partial charge in [0.2, 0.25) is 5.78 Å². The first-order valence-electron chi connectivity index (χ1n) is 11.0. The van der Waals surface area contributed by atoms with Gasteiger partial charge in [0.1, 0.15) is 4.83 Å². The molecule has 0 bridgehead atoms. The van der Waals surface area contributed by atoms with Crippen LogP contribution in [0, 0.1) is 12.8 Å². The number of ether oxygens (including phenoxy) is 1. The Kier molecular flexibility index (Phi) is 5.25. The first kappa shape index (κ1) is 19.6. The van der Waals surface area contributed by atoms with Crippen LogP contribution in [0.25, 0.3) is 21.1 Å². The number of hydrogen-bond acceptors (Lipinski definition) is 3. The van der Waals surface area contributed by atoms with Crippen LogP contribution in [-0.4, -0.2) is 28.1 Å². The highest BCUT2D eigenvalue weighted by Crippen LogP contribution is 2.33. The third-order valence-electron chi connectivity index (χ3n) is 6.42. The number of carbonyl (C=O) groups excluding carboxylic acids is 1. The molecule has 0 radical (unpaired) electrons. The molecule has 0 aliphatic carbocycles. The monoisotopic (exact) mass is 420 g/mol. The Morgan fingerprint density at radius 1 is 1.17 bits per heavy atom. The van der Waals surface area contributed by atoms with Crippen molar-refractivity contribution in [1.29, 1.82) is 0 Å². The number of para-hydroxylation sites is 1. The average molecular weight is 421 g/mol. The van der Waals surface area contributed by atoms with Crippen LogP contribution in [0.1, 0.15) is 47.9 Å². The third kappa shape index (κ3) is 3.21. The fourth-order valence-corrected chi connectivity index (χ4v) is 5.80. The topological polar surface area (TPSA) is 36.2 Å². The molecule has 3 aromatic heterocycles. The molecular formula is C25H28N2O2S. The fraction of sp³-hybridized carbons (Fsp3) is 0.400. The Labute approximate surface area is 181 Å². The van der Waals surface area contributed by atoms with E-state index in [1.54, 1.807) is 11.3 Å². The van der Waals surface area contributed by atoms with Gasteiger partial charge in [-0.25, -0.2) is 0 Å². The summed E-state index contributed by atoms with van der Waals surface area (Å²) in [7, 11) is 0. The second-order valence-electron chi connectivity index (χ2n) is 8.34. The first-order chi connectivity index (χ1) is 14.7. The standard InChI is InChI=1S/C25H28N2O2S/c1-3-11-26-22(15-19-10-14-30-25(19)26)24(28)23-17(2)27(16-18-8-12-29-13-9-18)21-7-5-4-6-20(21)23/h4-7,10,14-15,18H,3,8-9,11-13,16H2,1-2H3. The first-order valence-corrected chi connectivity index (χ1v) is 11.8. The molecule has 1 aliphatic heterocycles. The summed E-state index contributed by atoms with van der Waals surface area (Å²) in [5, 5.41) is 4.34. The molecular weight excluding hydrogens is 392 g/mol. The van der Waals surface area contributed by atoms with Crippen molar-refractivity contribution in [1.82, 2.24) is 9.13 Å². The molecule has 1 aromatic carbocycles. The molecule has 5 heteroatoms. The fourth-order valence-electron chi connectivity index (χ4n) is 4.88. The number of benzene rings is 1. The third-order valence-corrected chi connectivity index (χ3v) is 7.37. The Morgan fingerprint density at radius 3 is 2.77 bits per heavy atom. The van der Waals surface area contributed by atoms with E-state index in [1.165, 1.54) is 15.7 Å². The number of ketones is 1. The van der Waals surface area contributed by atoms with E-state index < -0.39 is 0 Å². The maximum atomic E-state index is 13.9. The van der Waals surface area contributed by atoms with Gasteiger partial charge in [-0.1, -0.05) is 25.1 Å². The summed E-state index contributed by atoms with van der Waals surface area (Å²) < 4.78 is 10.1. The molecule has 0 atom stereocenters. The number of aryl methyl sites for hydroxylation is 1. The average Bonchev–Trinajstić information content (AvgIpc) is 3.43. The van der Waals surface area contributed by atoms with Gasteiger partial charge in [-0.2, -0.15) is 0 Å². The minimum Gasteiger partial charge on any atom is -0.381 e. The molecule has 4 heterocycles. The smallest absolute Gasteiger partial charge is 0.211 e. The number of nitrogens with zero attached hydrogens (tertiary/aromatic N) is 2. The van der Waals surface area contributed by atoms with E-state index in [-0.39, 0.29) is 5.78 Å². The SMILES string of the molecule is CCCn1c(C(=O)c2c(C)n(CC3CCOCC3)c3ccccc23)cc2ccsc21. The summed E-state index contributed by atoms with van der Waals surface area (Å²) in [6.07, 6.45) is 3.18. The van der Waals surface area contributed by atoms with Gasteiger partial charge in [0.05, 0.1) is 11.3 Å². The summed E-state index contributed by atoms with van der Waals surface area (Å²) in [6, 6.07) is 12.6. The molecule has 4 nitrogen and oxygen atoms in total. The summed E-state index contributed by atoms with van der Waals surface area (Å²) in [4.78, 5) is 15.1. The van der Waals surface area contributed by atoms with E-state index in [0.29, 0.717) is 5.92 Å². The van der Waals surface area contributed by atoms with Gasteiger partial charge in [-0.3, -0.25) is 4.79 Å². The van der Waals surface area contributed by atoms with Gasteiger partial charge in [-0.05, 0) is 55.7 Å². The van der Waals surface area contributed by atoms with Gasteiger partial charge in [0.15, 0.2) is 0 Å². The Balaban J connectivity index is 1.62. The largest absolute Gasteiger partial charge is 0.381 e. The number of rotatable bonds is 6. The zero-order valence-electron chi connectivity index (χ0n) is 17.7. The number of carbonyl (C=O) groups is 1. The molecule has 0 saturated carbocycles. The maximum absolute atomic E-state index is 13.9. The van der Waals surface area contributed by atoms with Crippen molar-refractivity contribution in [3.63, 3.8) is 0 Å². The van der Waals surface area contributed by atoms with Crippen molar-refractivity contribution in [3.8, 4) is 0 Å². The highest BCUT2D eigenvalue weighted by Gasteiger charge is 2.26. The Hall–Kier alpha value is -2.37. The molecule has 0 unspecified atom stereocenters. The van der Waals surface area contributed by atoms with Crippen LogP contribution >= 0.6 is 11.3 Å². The molecule has 0 N–H and O–H groups in total. The van der Waals surface area contributed by atoms with Gasteiger partial charge >= 0.3 is 0 Å². The van der Waals surface area contributed by atoms with Gasteiger partial charge < -0.3 is 13.9 Å². The van der Waals surface area contributed by atoms with Crippen molar-refractivity contribution in [3.05, 3.63) is 58.7 Å². The van der Waals surface area contributed by atoms with Crippen LogP contribution in [0.5, 0.6) is 0 Å². The summed E-state index contributed by atoms with van der Waals surface area (Å²) in [5.41, 5.74) is 3.93. The van der Waals surface area contributed by atoms with Crippen molar-refractivity contribution in [2.45, 2.75) is 46.2 Å². The van der Waals surface area contributed by atoms with Crippen LogP contribution in [0.3, 0.4) is 0 Å². The molecule has 1 saturated heterocycles. The number of hydrogen-bond donors (Lipinski definition) is 0. The normalized spacial score (nSPS) is 15.4. The predicted molar refractivity (Wildman–Crippen MR) is 124 cm³/mol. The second-order valence-corrected chi connectivity index (χ2v) is 9.23. The molecule has 4 aromatic rings. The highest BCUT2D eigenvalue weighted by atomic mass is 32.1. The van der Waals surface area contributed by atoms with Crippen LogP contribution in [0.2, 0.25) is 0 Å². The highest BCUT2D eigenvalue weighted by molar-refractivity contribution is 7.16. The summed E-state index contributed by atoms with van der Waals surface area (Å²) in [5.74, 6) is 0.747. The lowest BCUT2D eigenvalue weighted by atomic mass is 10.00. The van der Waals surface area contributed by atoms with E-state index in [0.717, 1.165) is 67.9 Å². The zero-order valence-corrected chi connectivity index (χ0v) is 18.5. The molecule has 0 amide bonds. The molecule has 1 fully saturated rings. The molecule has 5 rings (SSSR count). The molecule has 156 valence electrons. The van der Waals surface area contributed by atoms with E-state index in [4.69, 9.17) is 4.74 Å². The quantitative estimate of drug-likeness (QED) is 0.357. The Morgan fingerprint density at radius 2 is 1.97 bits per heavy atom. The zero-order chi connectivity index (χ0) is 20.7.